The number of benzene rings is 1. The molecule has 1 N–H and O–H groups in total. The van der Waals surface area contributed by atoms with Crippen molar-refractivity contribution in [1.82, 2.24) is 5.32 Å². The predicted octanol–water partition coefficient (Wildman–Crippen LogP) is 0.947. The maximum absolute atomic E-state index is 11.9. The van der Waals surface area contributed by atoms with Gasteiger partial charge in [-0.25, -0.2) is 0 Å². The van der Waals surface area contributed by atoms with Crippen molar-refractivity contribution in [3.63, 3.8) is 0 Å². The highest BCUT2D eigenvalue weighted by Gasteiger charge is 2.13. The average molecular weight is 279 g/mol. The van der Waals surface area contributed by atoms with E-state index in [1.54, 1.807) is 24.3 Å². The summed E-state index contributed by atoms with van der Waals surface area (Å²) in [6, 6.07) is 6.72. The molecule has 0 unspecified atom stereocenters. The molecule has 0 saturated heterocycles. The molecule has 0 heterocycles. The molecule has 0 aliphatic heterocycles. The third-order valence-corrected chi connectivity index (χ3v) is 2.63. The van der Waals surface area contributed by atoms with E-state index in [1.807, 2.05) is 0 Å². The van der Waals surface area contributed by atoms with Crippen LogP contribution in [0.5, 0.6) is 5.75 Å². The number of carbonyl (C=O) groups is 3. The van der Waals surface area contributed by atoms with E-state index in [9.17, 15) is 14.4 Å². The molecular formula is C14H17NO5. The topological polar surface area (TPSA) is 81.7 Å². The maximum atomic E-state index is 11.9. The van der Waals surface area contributed by atoms with Crippen LogP contribution in [0, 0.1) is 0 Å². The minimum Gasteiger partial charge on any atom is -0.496 e. The van der Waals surface area contributed by atoms with Crippen LogP contribution in [-0.2, 0) is 14.3 Å². The molecule has 0 aromatic heterocycles. The second-order valence-electron chi connectivity index (χ2n) is 4.00. The van der Waals surface area contributed by atoms with Crippen LogP contribution < -0.4 is 10.1 Å². The first-order valence-corrected chi connectivity index (χ1v) is 6.08. The summed E-state index contributed by atoms with van der Waals surface area (Å²) in [5, 5.41) is 2.49. The second kappa shape index (κ2) is 7.93. The molecular weight excluding hydrogens is 262 g/mol. The summed E-state index contributed by atoms with van der Waals surface area (Å²) in [7, 11) is 2.73. The van der Waals surface area contributed by atoms with Crippen molar-refractivity contribution in [1.29, 1.82) is 0 Å². The lowest BCUT2D eigenvalue weighted by molar-refractivity contribution is -0.141. The lowest BCUT2D eigenvalue weighted by Gasteiger charge is -2.08. The van der Waals surface area contributed by atoms with Gasteiger partial charge in [-0.2, -0.15) is 0 Å². The summed E-state index contributed by atoms with van der Waals surface area (Å²) >= 11 is 0. The number of Topliss-reactive ketones (excluding diaryl/α,β-unsaturated/α-hetero) is 1. The van der Waals surface area contributed by atoms with Crippen molar-refractivity contribution in [2.24, 2.45) is 0 Å². The van der Waals surface area contributed by atoms with Crippen LogP contribution in [0.15, 0.2) is 24.3 Å². The van der Waals surface area contributed by atoms with Crippen molar-refractivity contribution < 1.29 is 23.9 Å². The highest BCUT2D eigenvalue weighted by atomic mass is 16.5. The molecule has 1 aromatic rings. The minimum absolute atomic E-state index is 0.0138. The van der Waals surface area contributed by atoms with E-state index in [4.69, 9.17) is 4.74 Å². The molecule has 6 nitrogen and oxygen atoms in total. The van der Waals surface area contributed by atoms with Gasteiger partial charge in [0.25, 0.3) is 5.91 Å². The van der Waals surface area contributed by atoms with E-state index in [1.165, 1.54) is 14.2 Å². The number of esters is 1. The van der Waals surface area contributed by atoms with Crippen molar-refractivity contribution in [3.05, 3.63) is 29.8 Å². The number of para-hydroxylation sites is 1. The molecule has 6 heteroatoms. The van der Waals surface area contributed by atoms with Gasteiger partial charge in [-0.1, -0.05) is 12.1 Å². The molecule has 0 fully saturated rings. The number of ketones is 1. The highest BCUT2D eigenvalue weighted by molar-refractivity contribution is 5.99. The van der Waals surface area contributed by atoms with E-state index >= 15 is 0 Å². The van der Waals surface area contributed by atoms with E-state index in [2.05, 4.69) is 10.1 Å². The van der Waals surface area contributed by atoms with Crippen LogP contribution in [-0.4, -0.2) is 38.4 Å². The number of hydrogen-bond donors (Lipinski definition) is 1. The summed E-state index contributed by atoms with van der Waals surface area (Å²) < 4.78 is 9.49. The summed E-state index contributed by atoms with van der Waals surface area (Å²) in [4.78, 5) is 34.3. The van der Waals surface area contributed by atoms with Crippen LogP contribution in [0.4, 0.5) is 0 Å². The molecule has 20 heavy (non-hydrogen) atoms. The average Bonchev–Trinajstić information content (AvgIpc) is 2.49. The van der Waals surface area contributed by atoms with E-state index in [0.29, 0.717) is 11.3 Å². The lowest BCUT2D eigenvalue weighted by Crippen LogP contribution is -2.30. The Hall–Kier alpha value is -2.37. The van der Waals surface area contributed by atoms with Crippen LogP contribution in [0.2, 0.25) is 0 Å². The smallest absolute Gasteiger partial charge is 0.305 e. The van der Waals surface area contributed by atoms with Crippen molar-refractivity contribution in [3.8, 4) is 5.75 Å². The molecule has 0 atom stereocenters. The SMILES string of the molecule is COC(=O)CCC(=O)CNC(=O)c1ccccc1OC. The van der Waals surface area contributed by atoms with Gasteiger partial charge in [-0.15, -0.1) is 0 Å². The van der Waals surface area contributed by atoms with Gasteiger partial charge < -0.3 is 14.8 Å². The third kappa shape index (κ3) is 4.72. The highest BCUT2D eigenvalue weighted by Crippen LogP contribution is 2.16. The van der Waals surface area contributed by atoms with Crippen molar-refractivity contribution in [2.45, 2.75) is 12.8 Å². The first kappa shape index (κ1) is 15.7. The van der Waals surface area contributed by atoms with Crippen LogP contribution in [0.1, 0.15) is 23.2 Å². The number of rotatable bonds is 7. The Morgan fingerprint density at radius 3 is 2.45 bits per heavy atom. The van der Waals surface area contributed by atoms with Gasteiger partial charge in [-0.05, 0) is 12.1 Å². The first-order chi connectivity index (χ1) is 9.58. The first-order valence-electron chi connectivity index (χ1n) is 6.08. The lowest BCUT2D eigenvalue weighted by atomic mass is 10.1. The molecule has 0 bridgehead atoms. The fourth-order valence-corrected chi connectivity index (χ4v) is 1.54. The summed E-state index contributed by atoms with van der Waals surface area (Å²) in [5.41, 5.74) is 0.357. The monoisotopic (exact) mass is 279 g/mol. The molecule has 108 valence electrons. The van der Waals surface area contributed by atoms with Gasteiger partial charge in [0.15, 0.2) is 5.78 Å². The Balaban J connectivity index is 2.47. The molecule has 0 spiro atoms. The van der Waals surface area contributed by atoms with Gasteiger partial charge in [-0.3, -0.25) is 14.4 Å². The van der Waals surface area contributed by atoms with Gasteiger partial charge in [0.1, 0.15) is 5.75 Å². The molecule has 1 aromatic carbocycles. The maximum Gasteiger partial charge on any atom is 0.305 e. The summed E-state index contributed by atoms with van der Waals surface area (Å²) in [5.74, 6) is -0.645. The molecule has 0 radical (unpaired) electrons. The normalized spacial score (nSPS) is 9.70. The Morgan fingerprint density at radius 1 is 1.10 bits per heavy atom. The van der Waals surface area contributed by atoms with Gasteiger partial charge in [0.05, 0.1) is 32.7 Å². The summed E-state index contributed by atoms with van der Waals surface area (Å²) in [6.45, 7) is -0.131. The van der Waals surface area contributed by atoms with Gasteiger partial charge >= 0.3 is 5.97 Å². The zero-order chi connectivity index (χ0) is 15.0. The standard InChI is InChI=1S/C14H17NO5/c1-19-12-6-4-3-5-11(12)14(18)15-9-10(16)7-8-13(17)20-2/h3-6H,7-9H2,1-2H3,(H,15,18). The van der Waals surface area contributed by atoms with Crippen molar-refractivity contribution in [2.75, 3.05) is 20.8 Å². The Morgan fingerprint density at radius 2 is 1.80 bits per heavy atom. The molecule has 0 aliphatic carbocycles. The van der Waals surface area contributed by atoms with E-state index < -0.39 is 11.9 Å². The molecule has 0 saturated carbocycles. The molecule has 1 rings (SSSR count). The van der Waals surface area contributed by atoms with Crippen molar-refractivity contribution >= 4 is 17.7 Å². The van der Waals surface area contributed by atoms with E-state index in [0.717, 1.165) is 0 Å². The predicted molar refractivity (Wildman–Crippen MR) is 71.6 cm³/mol. The Kier molecular flexibility index (Phi) is 6.22. The summed E-state index contributed by atoms with van der Waals surface area (Å²) in [6.07, 6.45) is 0.0543. The third-order valence-electron chi connectivity index (χ3n) is 2.63. The number of nitrogens with one attached hydrogen (secondary N) is 1. The number of amides is 1. The molecule has 1 amide bonds. The van der Waals surface area contributed by atoms with Gasteiger partial charge in [0, 0.05) is 6.42 Å². The fourth-order valence-electron chi connectivity index (χ4n) is 1.54. The van der Waals surface area contributed by atoms with Gasteiger partial charge in [0.2, 0.25) is 0 Å². The Bertz CT molecular complexity index is 498. The van der Waals surface area contributed by atoms with Crippen LogP contribution >= 0.6 is 0 Å². The number of methoxy groups -OCH3 is 2. The minimum atomic E-state index is -0.450. The zero-order valence-electron chi connectivity index (χ0n) is 11.5. The van der Waals surface area contributed by atoms with Crippen LogP contribution in [0.25, 0.3) is 0 Å². The Labute approximate surface area is 117 Å². The number of ether oxygens (including phenoxy) is 2. The zero-order valence-corrected chi connectivity index (χ0v) is 11.5. The molecule has 0 aliphatic rings. The van der Waals surface area contributed by atoms with E-state index in [-0.39, 0.29) is 25.2 Å². The van der Waals surface area contributed by atoms with Crippen LogP contribution in [0.3, 0.4) is 0 Å². The number of hydrogen-bond acceptors (Lipinski definition) is 5. The fraction of sp³-hybridized carbons (Fsp3) is 0.357. The number of carbonyl (C=O) groups excluding carboxylic acids is 3. The quantitative estimate of drug-likeness (QED) is 0.751. The second-order valence-corrected chi connectivity index (χ2v) is 4.00. The largest absolute Gasteiger partial charge is 0.496 e.